The fourth-order valence-corrected chi connectivity index (χ4v) is 2.59. The molecule has 124 valence electrons. The zero-order valence-electron chi connectivity index (χ0n) is 14.0. The van der Waals surface area contributed by atoms with E-state index in [2.05, 4.69) is 4.99 Å². The maximum Gasteiger partial charge on any atom is 0.236 e. The van der Waals surface area contributed by atoms with Crippen LogP contribution >= 0.6 is 0 Å². The van der Waals surface area contributed by atoms with E-state index in [4.69, 9.17) is 9.15 Å². The standard InChI is InChI=1S/C19H20N2O3/c1-13(2)20-18-6-4-5-9-21(18)19(22)10-14-12-24-17-11-15(23-3)7-8-16(14)17/h4-9,11-13H,10H2,1-3H3. The third-order valence-electron chi connectivity index (χ3n) is 3.70. The number of pyridine rings is 1. The van der Waals surface area contributed by atoms with Crippen LogP contribution in [-0.2, 0) is 6.42 Å². The largest absolute Gasteiger partial charge is 0.497 e. The predicted molar refractivity (Wildman–Crippen MR) is 92.2 cm³/mol. The lowest BCUT2D eigenvalue weighted by Crippen LogP contribution is -2.28. The summed E-state index contributed by atoms with van der Waals surface area (Å²) in [5.41, 5.74) is 2.22. The van der Waals surface area contributed by atoms with Gasteiger partial charge in [0.1, 0.15) is 16.8 Å². The lowest BCUT2D eigenvalue weighted by molar-refractivity contribution is 0.0908. The van der Waals surface area contributed by atoms with Gasteiger partial charge in [-0.25, -0.2) is 0 Å². The zero-order chi connectivity index (χ0) is 17.1. The topological polar surface area (TPSA) is 56.7 Å². The predicted octanol–water partition coefficient (Wildman–Crippen LogP) is 3.43. The van der Waals surface area contributed by atoms with Crippen molar-refractivity contribution in [2.75, 3.05) is 7.11 Å². The van der Waals surface area contributed by atoms with Gasteiger partial charge in [-0.05, 0) is 38.1 Å². The molecular weight excluding hydrogens is 304 g/mol. The van der Waals surface area contributed by atoms with Gasteiger partial charge in [-0.3, -0.25) is 14.4 Å². The van der Waals surface area contributed by atoms with Crippen molar-refractivity contribution >= 4 is 16.9 Å². The van der Waals surface area contributed by atoms with Gasteiger partial charge >= 0.3 is 0 Å². The highest BCUT2D eigenvalue weighted by molar-refractivity contribution is 5.89. The summed E-state index contributed by atoms with van der Waals surface area (Å²) in [7, 11) is 1.61. The Morgan fingerprint density at radius 1 is 1.29 bits per heavy atom. The number of nitrogens with zero attached hydrogens (tertiary/aromatic N) is 2. The van der Waals surface area contributed by atoms with E-state index < -0.39 is 0 Å². The molecule has 5 nitrogen and oxygen atoms in total. The molecule has 0 spiro atoms. The Kier molecular flexibility index (Phi) is 4.51. The van der Waals surface area contributed by atoms with Gasteiger partial charge in [0.15, 0.2) is 0 Å². The fourth-order valence-electron chi connectivity index (χ4n) is 2.59. The summed E-state index contributed by atoms with van der Waals surface area (Å²) in [6, 6.07) is 11.3. The molecule has 5 heteroatoms. The Morgan fingerprint density at radius 2 is 2.12 bits per heavy atom. The molecule has 0 aliphatic carbocycles. The van der Waals surface area contributed by atoms with Crippen LogP contribution in [0.1, 0.15) is 24.2 Å². The van der Waals surface area contributed by atoms with Gasteiger partial charge in [0.2, 0.25) is 5.91 Å². The number of hydrogen-bond donors (Lipinski definition) is 0. The van der Waals surface area contributed by atoms with Gasteiger partial charge < -0.3 is 9.15 Å². The van der Waals surface area contributed by atoms with Crippen LogP contribution in [0, 0.1) is 0 Å². The number of carbonyl (C=O) groups excluding carboxylic acids is 1. The van der Waals surface area contributed by atoms with Crippen LogP contribution < -0.4 is 10.2 Å². The minimum Gasteiger partial charge on any atom is -0.497 e. The smallest absolute Gasteiger partial charge is 0.236 e. The lowest BCUT2D eigenvalue weighted by Gasteiger charge is -2.06. The number of rotatable bonds is 4. The van der Waals surface area contributed by atoms with E-state index in [1.54, 1.807) is 24.1 Å². The summed E-state index contributed by atoms with van der Waals surface area (Å²) in [6.07, 6.45) is 3.62. The van der Waals surface area contributed by atoms with Crippen LogP contribution in [0.15, 0.2) is 58.3 Å². The first-order valence-corrected chi connectivity index (χ1v) is 7.87. The van der Waals surface area contributed by atoms with Crippen LogP contribution in [0.3, 0.4) is 0 Å². The van der Waals surface area contributed by atoms with Crippen LogP contribution in [0.25, 0.3) is 11.0 Å². The molecule has 0 saturated carbocycles. The number of fused-ring (bicyclic) bond motifs is 1. The first kappa shape index (κ1) is 16.1. The highest BCUT2D eigenvalue weighted by Gasteiger charge is 2.13. The van der Waals surface area contributed by atoms with E-state index in [1.165, 1.54) is 0 Å². The number of furan rings is 1. The van der Waals surface area contributed by atoms with Crippen molar-refractivity contribution in [3.8, 4) is 5.75 Å². The average molecular weight is 324 g/mol. The van der Waals surface area contributed by atoms with Crippen molar-refractivity contribution in [3.63, 3.8) is 0 Å². The first-order chi connectivity index (χ1) is 11.6. The Morgan fingerprint density at radius 3 is 2.88 bits per heavy atom. The summed E-state index contributed by atoms with van der Waals surface area (Å²) < 4.78 is 12.3. The second kappa shape index (κ2) is 6.74. The van der Waals surface area contributed by atoms with Crippen molar-refractivity contribution in [3.05, 3.63) is 59.9 Å². The molecule has 3 aromatic rings. The normalized spacial score (nSPS) is 12.1. The number of methoxy groups -OCH3 is 1. The summed E-state index contributed by atoms with van der Waals surface area (Å²) in [5.74, 6) is 0.679. The summed E-state index contributed by atoms with van der Waals surface area (Å²) >= 11 is 0. The van der Waals surface area contributed by atoms with E-state index in [1.807, 2.05) is 50.2 Å². The maximum atomic E-state index is 12.7. The third-order valence-corrected chi connectivity index (χ3v) is 3.70. The van der Waals surface area contributed by atoms with Crippen LogP contribution in [0.4, 0.5) is 0 Å². The molecule has 0 atom stereocenters. The van der Waals surface area contributed by atoms with Crippen molar-refractivity contribution in [2.45, 2.75) is 26.3 Å². The van der Waals surface area contributed by atoms with Crippen molar-refractivity contribution in [1.82, 2.24) is 4.57 Å². The molecule has 0 aliphatic rings. The summed E-state index contributed by atoms with van der Waals surface area (Å²) in [6.45, 7) is 3.97. The number of ether oxygens (including phenoxy) is 1. The molecule has 2 aromatic heterocycles. The Hall–Kier alpha value is -2.82. The van der Waals surface area contributed by atoms with Crippen molar-refractivity contribution in [1.29, 1.82) is 0 Å². The number of benzene rings is 1. The van der Waals surface area contributed by atoms with E-state index in [-0.39, 0.29) is 18.4 Å². The molecule has 0 saturated heterocycles. The Balaban J connectivity index is 1.94. The summed E-state index contributed by atoms with van der Waals surface area (Å²) in [4.78, 5) is 17.2. The van der Waals surface area contributed by atoms with Crippen molar-refractivity contribution in [2.24, 2.45) is 4.99 Å². The quantitative estimate of drug-likeness (QED) is 0.739. The second-order valence-corrected chi connectivity index (χ2v) is 5.85. The third kappa shape index (κ3) is 3.25. The van der Waals surface area contributed by atoms with Crippen LogP contribution in [0.5, 0.6) is 5.75 Å². The molecular formula is C19H20N2O3. The Bertz CT molecular complexity index is 935. The molecule has 0 aliphatic heterocycles. The second-order valence-electron chi connectivity index (χ2n) is 5.85. The molecule has 1 aromatic carbocycles. The molecule has 3 rings (SSSR count). The van der Waals surface area contributed by atoms with E-state index >= 15 is 0 Å². The molecule has 0 unspecified atom stereocenters. The van der Waals surface area contributed by atoms with E-state index in [0.29, 0.717) is 11.1 Å². The van der Waals surface area contributed by atoms with Crippen LogP contribution in [0.2, 0.25) is 0 Å². The highest BCUT2D eigenvalue weighted by Crippen LogP contribution is 2.26. The maximum absolute atomic E-state index is 12.7. The first-order valence-electron chi connectivity index (χ1n) is 7.87. The molecule has 0 radical (unpaired) electrons. The zero-order valence-corrected chi connectivity index (χ0v) is 14.0. The minimum absolute atomic E-state index is 0.0477. The number of aromatic nitrogens is 1. The summed E-state index contributed by atoms with van der Waals surface area (Å²) in [5, 5.41) is 0.919. The van der Waals surface area contributed by atoms with E-state index in [9.17, 15) is 4.79 Å². The molecule has 2 heterocycles. The van der Waals surface area contributed by atoms with Gasteiger partial charge in [-0.15, -0.1) is 0 Å². The van der Waals surface area contributed by atoms with Crippen LogP contribution in [-0.4, -0.2) is 23.6 Å². The molecule has 0 amide bonds. The van der Waals surface area contributed by atoms with E-state index in [0.717, 1.165) is 16.7 Å². The lowest BCUT2D eigenvalue weighted by atomic mass is 10.1. The highest BCUT2D eigenvalue weighted by atomic mass is 16.5. The molecule has 0 fully saturated rings. The number of hydrogen-bond acceptors (Lipinski definition) is 4. The molecule has 0 N–H and O–H groups in total. The SMILES string of the molecule is COc1ccc2c(CC(=O)n3ccccc3=NC(C)C)coc2c1. The minimum atomic E-state index is -0.0477. The molecule has 0 bridgehead atoms. The van der Waals surface area contributed by atoms with Gasteiger partial charge in [0.05, 0.1) is 19.8 Å². The monoisotopic (exact) mass is 324 g/mol. The fraction of sp³-hybridized carbons (Fsp3) is 0.263. The van der Waals surface area contributed by atoms with Gasteiger partial charge in [0, 0.05) is 29.3 Å². The molecule has 24 heavy (non-hydrogen) atoms. The Labute approximate surface area is 140 Å². The van der Waals surface area contributed by atoms with Gasteiger partial charge in [-0.1, -0.05) is 6.07 Å². The average Bonchev–Trinajstić information content (AvgIpc) is 2.96. The number of carbonyl (C=O) groups is 1. The van der Waals surface area contributed by atoms with Gasteiger partial charge in [0.25, 0.3) is 0 Å². The van der Waals surface area contributed by atoms with Crippen molar-refractivity contribution < 1.29 is 13.9 Å². The van der Waals surface area contributed by atoms with Gasteiger partial charge in [-0.2, -0.15) is 0 Å².